The van der Waals surface area contributed by atoms with Gasteiger partial charge in [-0.25, -0.2) is 0 Å². The maximum absolute atomic E-state index is 11.9. The summed E-state index contributed by atoms with van der Waals surface area (Å²) in [5, 5.41) is 3.05. The van der Waals surface area contributed by atoms with Gasteiger partial charge in [-0.05, 0) is 17.9 Å². The Bertz CT molecular complexity index is 404. The van der Waals surface area contributed by atoms with Crippen molar-refractivity contribution in [2.24, 2.45) is 11.7 Å². The van der Waals surface area contributed by atoms with Gasteiger partial charge in [0.1, 0.15) is 0 Å². The molecule has 2 unspecified atom stereocenters. The van der Waals surface area contributed by atoms with Crippen molar-refractivity contribution in [3.63, 3.8) is 0 Å². The Labute approximate surface area is 109 Å². The molecule has 0 aromatic heterocycles. The number of amides is 1. The second-order valence-corrected chi connectivity index (χ2v) is 5.28. The smallest absolute Gasteiger partial charge is 0.237 e. The molecule has 3 heteroatoms. The summed E-state index contributed by atoms with van der Waals surface area (Å²) in [6.07, 6.45) is 1.96. The summed E-state index contributed by atoms with van der Waals surface area (Å²) in [7, 11) is 0. The lowest BCUT2D eigenvalue weighted by molar-refractivity contribution is -0.123. The van der Waals surface area contributed by atoms with Gasteiger partial charge in [0.25, 0.3) is 0 Å². The van der Waals surface area contributed by atoms with E-state index in [0.29, 0.717) is 5.92 Å². The zero-order chi connectivity index (χ0) is 13.1. The number of hydrogen-bond acceptors (Lipinski definition) is 2. The molecule has 3 N–H and O–H groups in total. The van der Waals surface area contributed by atoms with Gasteiger partial charge < -0.3 is 11.1 Å². The van der Waals surface area contributed by atoms with Crippen LogP contribution in [-0.4, -0.2) is 18.0 Å². The maximum Gasteiger partial charge on any atom is 0.237 e. The van der Waals surface area contributed by atoms with Crippen molar-refractivity contribution in [3.8, 4) is 0 Å². The average molecular weight is 246 g/mol. The molecular formula is C15H22N2O. The highest BCUT2D eigenvalue weighted by Gasteiger charge is 2.40. The second-order valence-electron chi connectivity index (χ2n) is 5.28. The van der Waals surface area contributed by atoms with E-state index in [9.17, 15) is 4.79 Å². The third-order valence-corrected chi connectivity index (χ3v) is 3.91. The van der Waals surface area contributed by atoms with Crippen molar-refractivity contribution in [1.82, 2.24) is 5.32 Å². The van der Waals surface area contributed by atoms with Crippen LogP contribution in [0.4, 0.5) is 0 Å². The molecule has 0 spiro atoms. The van der Waals surface area contributed by atoms with Gasteiger partial charge in [0.2, 0.25) is 5.91 Å². The third kappa shape index (κ3) is 2.91. The van der Waals surface area contributed by atoms with Gasteiger partial charge in [0.05, 0.1) is 6.04 Å². The Morgan fingerprint density at radius 1 is 1.44 bits per heavy atom. The van der Waals surface area contributed by atoms with Gasteiger partial charge in [-0.15, -0.1) is 0 Å². The van der Waals surface area contributed by atoms with Crippen LogP contribution in [0, 0.1) is 5.92 Å². The molecule has 0 heterocycles. The standard InChI is InChI=1S/C15H22N2O/c1-3-10(2)14(16)15(18)17-13-9-12(13)11-7-5-4-6-8-11/h4-8,10,12-14H,3,9,16H2,1-2H3,(H,17,18)/t10-,12?,13?,14-/m0/s1. The molecule has 1 aliphatic rings. The molecule has 0 bridgehead atoms. The first-order chi connectivity index (χ1) is 8.63. The van der Waals surface area contributed by atoms with Crippen LogP contribution >= 0.6 is 0 Å². The zero-order valence-electron chi connectivity index (χ0n) is 11.1. The largest absolute Gasteiger partial charge is 0.351 e. The molecule has 2 rings (SSSR count). The average Bonchev–Trinajstić information content (AvgIpc) is 3.17. The Morgan fingerprint density at radius 2 is 2.11 bits per heavy atom. The second kappa shape index (κ2) is 5.53. The first-order valence-corrected chi connectivity index (χ1v) is 6.74. The molecule has 1 saturated carbocycles. The summed E-state index contributed by atoms with van der Waals surface area (Å²) in [6, 6.07) is 10.2. The van der Waals surface area contributed by atoms with E-state index in [4.69, 9.17) is 5.73 Å². The fourth-order valence-electron chi connectivity index (χ4n) is 2.21. The molecule has 18 heavy (non-hydrogen) atoms. The minimum Gasteiger partial charge on any atom is -0.351 e. The van der Waals surface area contributed by atoms with Gasteiger partial charge in [0.15, 0.2) is 0 Å². The van der Waals surface area contributed by atoms with Crippen molar-refractivity contribution in [2.45, 2.75) is 44.7 Å². The molecule has 4 atom stereocenters. The lowest BCUT2D eigenvalue weighted by Gasteiger charge is -2.17. The van der Waals surface area contributed by atoms with Crippen LogP contribution in [-0.2, 0) is 4.79 Å². The molecule has 0 radical (unpaired) electrons. The van der Waals surface area contributed by atoms with Crippen molar-refractivity contribution in [1.29, 1.82) is 0 Å². The van der Waals surface area contributed by atoms with Crippen molar-refractivity contribution >= 4 is 5.91 Å². The summed E-state index contributed by atoms with van der Waals surface area (Å²) >= 11 is 0. The Hall–Kier alpha value is -1.35. The topological polar surface area (TPSA) is 55.1 Å². The molecule has 1 fully saturated rings. The molecule has 3 nitrogen and oxygen atoms in total. The lowest BCUT2D eigenvalue weighted by Crippen LogP contribution is -2.45. The molecule has 0 saturated heterocycles. The number of carbonyl (C=O) groups is 1. The van der Waals surface area contributed by atoms with Gasteiger partial charge in [0, 0.05) is 12.0 Å². The first kappa shape index (κ1) is 13.1. The van der Waals surface area contributed by atoms with Crippen LogP contribution in [0.15, 0.2) is 30.3 Å². The molecule has 1 aromatic rings. The Morgan fingerprint density at radius 3 is 2.72 bits per heavy atom. The van der Waals surface area contributed by atoms with Crippen molar-refractivity contribution in [3.05, 3.63) is 35.9 Å². The fourth-order valence-corrected chi connectivity index (χ4v) is 2.21. The van der Waals surface area contributed by atoms with Gasteiger partial charge in [-0.2, -0.15) is 0 Å². The summed E-state index contributed by atoms with van der Waals surface area (Å²) in [4.78, 5) is 11.9. The van der Waals surface area contributed by atoms with E-state index >= 15 is 0 Å². The summed E-state index contributed by atoms with van der Waals surface area (Å²) in [6.45, 7) is 4.08. The monoisotopic (exact) mass is 246 g/mol. The first-order valence-electron chi connectivity index (χ1n) is 6.74. The third-order valence-electron chi connectivity index (χ3n) is 3.91. The van der Waals surface area contributed by atoms with E-state index in [1.54, 1.807) is 0 Å². The van der Waals surface area contributed by atoms with Crippen LogP contribution in [0.25, 0.3) is 0 Å². The van der Waals surface area contributed by atoms with Gasteiger partial charge in [-0.3, -0.25) is 4.79 Å². The number of nitrogens with one attached hydrogen (secondary N) is 1. The van der Waals surface area contributed by atoms with Gasteiger partial charge >= 0.3 is 0 Å². The lowest BCUT2D eigenvalue weighted by atomic mass is 9.99. The summed E-state index contributed by atoms with van der Waals surface area (Å²) in [5.74, 6) is 0.700. The molecule has 98 valence electrons. The van der Waals surface area contributed by atoms with Crippen molar-refractivity contribution < 1.29 is 4.79 Å². The summed E-state index contributed by atoms with van der Waals surface area (Å²) < 4.78 is 0. The minimum absolute atomic E-state index is 0.00668. The summed E-state index contributed by atoms with van der Waals surface area (Å²) in [5.41, 5.74) is 7.22. The van der Waals surface area contributed by atoms with Crippen LogP contribution < -0.4 is 11.1 Å². The van der Waals surface area contributed by atoms with Crippen LogP contribution in [0.2, 0.25) is 0 Å². The SMILES string of the molecule is CC[C@H](C)[C@H](N)C(=O)NC1CC1c1ccccc1. The highest BCUT2D eigenvalue weighted by atomic mass is 16.2. The van der Waals surface area contributed by atoms with E-state index in [-0.39, 0.29) is 23.9 Å². The predicted molar refractivity (Wildman–Crippen MR) is 73.2 cm³/mol. The number of rotatable bonds is 5. The Kier molecular flexibility index (Phi) is 4.02. The normalized spacial score (nSPS) is 25.3. The van der Waals surface area contributed by atoms with Crippen LogP contribution in [0.1, 0.15) is 38.2 Å². The minimum atomic E-state index is -0.382. The van der Waals surface area contributed by atoms with Crippen molar-refractivity contribution in [2.75, 3.05) is 0 Å². The Balaban J connectivity index is 1.85. The van der Waals surface area contributed by atoms with E-state index in [0.717, 1.165) is 12.8 Å². The zero-order valence-corrected chi connectivity index (χ0v) is 11.1. The van der Waals surface area contributed by atoms with E-state index in [2.05, 4.69) is 24.4 Å². The number of carbonyl (C=O) groups excluding carboxylic acids is 1. The number of hydrogen-bond donors (Lipinski definition) is 2. The quantitative estimate of drug-likeness (QED) is 0.835. The highest BCUT2D eigenvalue weighted by molar-refractivity contribution is 5.82. The molecule has 1 aromatic carbocycles. The molecule has 0 aliphatic heterocycles. The van der Waals surface area contributed by atoms with E-state index in [1.807, 2.05) is 25.1 Å². The van der Waals surface area contributed by atoms with Gasteiger partial charge in [-0.1, -0.05) is 50.6 Å². The number of benzene rings is 1. The molecular weight excluding hydrogens is 224 g/mol. The molecule has 1 aliphatic carbocycles. The number of nitrogens with two attached hydrogens (primary N) is 1. The maximum atomic E-state index is 11.9. The predicted octanol–water partition coefficient (Wildman–Crippen LogP) is 2.03. The van der Waals surface area contributed by atoms with Crippen LogP contribution in [0.3, 0.4) is 0 Å². The highest BCUT2D eigenvalue weighted by Crippen LogP contribution is 2.40. The van der Waals surface area contributed by atoms with E-state index < -0.39 is 0 Å². The molecule has 1 amide bonds. The van der Waals surface area contributed by atoms with Crippen LogP contribution in [0.5, 0.6) is 0 Å². The van der Waals surface area contributed by atoms with E-state index in [1.165, 1.54) is 5.56 Å². The fraction of sp³-hybridized carbons (Fsp3) is 0.533.